The summed E-state index contributed by atoms with van der Waals surface area (Å²) >= 11 is 0. The predicted octanol–water partition coefficient (Wildman–Crippen LogP) is 1.37. The normalized spacial score (nSPS) is 11.4. The third kappa shape index (κ3) is 3.33. The maximum absolute atomic E-state index is 11.7. The van der Waals surface area contributed by atoms with Crippen molar-refractivity contribution in [1.82, 2.24) is 9.97 Å². The molecule has 1 aromatic heterocycles. The first-order chi connectivity index (χ1) is 9.13. The number of nitrogens with one attached hydrogen (secondary N) is 1. The Hall–Kier alpha value is -1.86. The minimum Gasteiger partial charge on any atom is -0.496 e. The van der Waals surface area contributed by atoms with Gasteiger partial charge in [0, 0.05) is 18.8 Å². The monoisotopic (exact) mass is 282 g/mol. The van der Waals surface area contributed by atoms with Crippen molar-refractivity contribution in [3.8, 4) is 5.75 Å². The molecule has 0 atom stereocenters. The van der Waals surface area contributed by atoms with Crippen LogP contribution in [0.3, 0.4) is 0 Å². The Morgan fingerprint density at radius 1 is 1.32 bits per heavy atom. The first kappa shape index (κ1) is 13.6. The van der Waals surface area contributed by atoms with Gasteiger partial charge in [0.2, 0.25) is 0 Å². The molecule has 0 aliphatic rings. The second-order valence-corrected chi connectivity index (χ2v) is 5.26. The summed E-state index contributed by atoms with van der Waals surface area (Å²) in [6.07, 6.45) is 3.22. The van der Waals surface area contributed by atoms with Crippen LogP contribution < -0.4 is 4.74 Å². The first-order valence-electron chi connectivity index (χ1n) is 5.64. The second-order valence-electron chi connectivity index (χ2n) is 3.73. The average molecular weight is 282 g/mol. The Bertz CT molecular complexity index is 623. The first-order valence-corrected chi connectivity index (χ1v) is 7.05. The summed E-state index contributed by atoms with van der Waals surface area (Å²) in [6.45, 7) is 0.0312. The Balaban J connectivity index is 1.97. The topological polar surface area (TPSA) is 81.3 Å². The van der Waals surface area contributed by atoms with Crippen LogP contribution in [0.25, 0.3) is 0 Å². The highest BCUT2D eigenvalue weighted by Crippen LogP contribution is 2.18. The van der Waals surface area contributed by atoms with Crippen molar-refractivity contribution < 1.29 is 17.3 Å². The molecule has 0 spiro atoms. The van der Waals surface area contributed by atoms with E-state index in [1.807, 2.05) is 24.3 Å². The molecule has 0 aliphatic heterocycles. The van der Waals surface area contributed by atoms with E-state index < -0.39 is 10.1 Å². The zero-order chi connectivity index (χ0) is 13.7. The van der Waals surface area contributed by atoms with Crippen LogP contribution in [0, 0.1) is 0 Å². The van der Waals surface area contributed by atoms with Crippen LogP contribution in [0.5, 0.6) is 5.75 Å². The molecule has 7 heteroatoms. The molecule has 0 amide bonds. The number of imidazole rings is 1. The third-order valence-corrected chi connectivity index (χ3v) is 3.69. The maximum atomic E-state index is 11.7. The van der Waals surface area contributed by atoms with E-state index in [-0.39, 0.29) is 11.8 Å². The van der Waals surface area contributed by atoms with Gasteiger partial charge in [0.1, 0.15) is 5.75 Å². The van der Waals surface area contributed by atoms with Crippen molar-refractivity contribution in [2.75, 3.05) is 13.7 Å². The van der Waals surface area contributed by atoms with E-state index in [1.54, 1.807) is 7.11 Å². The summed E-state index contributed by atoms with van der Waals surface area (Å²) in [7, 11) is -2.25. The number of methoxy groups -OCH3 is 1. The van der Waals surface area contributed by atoms with E-state index in [4.69, 9.17) is 8.92 Å². The molecule has 1 N–H and O–H groups in total. The SMILES string of the molecule is COc1ccccc1CCOS(=O)(=O)c1ncc[nH]1. The highest BCUT2D eigenvalue weighted by molar-refractivity contribution is 7.86. The predicted molar refractivity (Wildman–Crippen MR) is 68.4 cm³/mol. The fraction of sp³-hybridized carbons (Fsp3) is 0.250. The van der Waals surface area contributed by atoms with E-state index in [1.165, 1.54) is 12.4 Å². The number of hydrogen-bond donors (Lipinski definition) is 1. The van der Waals surface area contributed by atoms with Crippen LogP contribution in [0.1, 0.15) is 5.56 Å². The van der Waals surface area contributed by atoms with Crippen molar-refractivity contribution in [2.24, 2.45) is 0 Å². The molecule has 102 valence electrons. The van der Waals surface area contributed by atoms with Crippen LogP contribution in [0.15, 0.2) is 41.8 Å². The number of para-hydroxylation sites is 1. The molecule has 0 saturated heterocycles. The number of aromatic amines is 1. The number of H-pyrrole nitrogens is 1. The van der Waals surface area contributed by atoms with Gasteiger partial charge in [-0.25, -0.2) is 4.98 Å². The second kappa shape index (κ2) is 5.85. The lowest BCUT2D eigenvalue weighted by atomic mass is 10.1. The third-order valence-electron chi connectivity index (χ3n) is 2.51. The van der Waals surface area contributed by atoms with Gasteiger partial charge in [-0.2, -0.15) is 8.42 Å². The lowest BCUT2D eigenvalue weighted by molar-refractivity contribution is 0.316. The fourth-order valence-corrected chi connectivity index (χ4v) is 2.43. The number of benzene rings is 1. The molecule has 0 aliphatic carbocycles. The van der Waals surface area contributed by atoms with Crippen LogP contribution >= 0.6 is 0 Å². The van der Waals surface area contributed by atoms with Gasteiger partial charge in [-0.05, 0) is 11.6 Å². The number of rotatable bonds is 6. The Labute approximate surface area is 111 Å². The van der Waals surface area contributed by atoms with Gasteiger partial charge in [0.25, 0.3) is 5.16 Å². The fourth-order valence-electron chi connectivity index (χ4n) is 1.61. The molecule has 1 heterocycles. The molecular formula is C12H14N2O4S. The van der Waals surface area contributed by atoms with Crippen molar-refractivity contribution in [2.45, 2.75) is 11.6 Å². The van der Waals surface area contributed by atoms with Crippen LogP contribution in [-0.4, -0.2) is 32.1 Å². The number of aromatic nitrogens is 2. The van der Waals surface area contributed by atoms with Crippen LogP contribution in [0.2, 0.25) is 0 Å². The largest absolute Gasteiger partial charge is 0.496 e. The van der Waals surface area contributed by atoms with Gasteiger partial charge in [0.15, 0.2) is 0 Å². The minimum atomic E-state index is -3.81. The zero-order valence-corrected chi connectivity index (χ0v) is 11.2. The molecule has 0 fully saturated rings. The van der Waals surface area contributed by atoms with Gasteiger partial charge in [-0.15, -0.1) is 0 Å². The molecule has 0 bridgehead atoms. The van der Waals surface area contributed by atoms with Gasteiger partial charge >= 0.3 is 10.1 Å². The van der Waals surface area contributed by atoms with Crippen molar-refractivity contribution in [3.63, 3.8) is 0 Å². The summed E-state index contributed by atoms with van der Waals surface area (Å²) in [4.78, 5) is 6.15. The summed E-state index contributed by atoms with van der Waals surface area (Å²) < 4.78 is 33.5. The van der Waals surface area contributed by atoms with Crippen molar-refractivity contribution in [1.29, 1.82) is 0 Å². The Kier molecular flexibility index (Phi) is 4.18. The summed E-state index contributed by atoms with van der Waals surface area (Å²) in [5, 5.41) is -0.187. The summed E-state index contributed by atoms with van der Waals surface area (Å²) in [5.74, 6) is 0.710. The number of nitrogens with zero attached hydrogens (tertiary/aromatic N) is 1. The Morgan fingerprint density at radius 2 is 2.11 bits per heavy atom. The summed E-state index contributed by atoms with van der Waals surface area (Å²) in [5.41, 5.74) is 0.889. The van der Waals surface area contributed by atoms with E-state index in [9.17, 15) is 8.42 Å². The highest BCUT2D eigenvalue weighted by atomic mass is 32.2. The average Bonchev–Trinajstić information content (AvgIpc) is 2.94. The van der Waals surface area contributed by atoms with E-state index in [0.29, 0.717) is 12.2 Å². The summed E-state index contributed by atoms with van der Waals surface area (Å²) in [6, 6.07) is 7.39. The molecule has 6 nitrogen and oxygen atoms in total. The standard InChI is InChI=1S/C12H14N2O4S/c1-17-11-5-3-2-4-10(11)6-9-18-19(15,16)12-13-7-8-14-12/h2-5,7-8H,6,9H2,1H3,(H,13,14). The van der Waals surface area contributed by atoms with Crippen LogP contribution in [0.4, 0.5) is 0 Å². The molecule has 2 aromatic rings. The van der Waals surface area contributed by atoms with Crippen molar-refractivity contribution in [3.05, 3.63) is 42.2 Å². The molecule has 0 radical (unpaired) electrons. The zero-order valence-electron chi connectivity index (χ0n) is 10.4. The number of hydrogen-bond acceptors (Lipinski definition) is 5. The highest BCUT2D eigenvalue weighted by Gasteiger charge is 2.17. The number of ether oxygens (including phenoxy) is 1. The maximum Gasteiger partial charge on any atom is 0.331 e. The Morgan fingerprint density at radius 3 is 2.79 bits per heavy atom. The minimum absolute atomic E-state index is 0.0312. The smallest absolute Gasteiger partial charge is 0.331 e. The molecule has 0 saturated carbocycles. The van der Waals surface area contributed by atoms with Gasteiger partial charge < -0.3 is 9.72 Å². The molecule has 0 unspecified atom stereocenters. The van der Waals surface area contributed by atoms with Gasteiger partial charge in [-0.1, -0.05) is 18.2 Å². The van der Waals surface area contributed by atoms with E-state index in [0.717, 1.165) is 5.56 Å². The lowest BCUT2D eigenvalue weighted by Gasteiger charge is -2.08. The molecule has 19 heavy (non-hydrogen) atoms. The van der Waals surface area contributed by atoms with Crippen LogP contribution in [-0.2, 0) is 20.7 Å². The quantitative estimate of drug-likeness (QED) is 0.809. The van der Waals surface area contributed by atoms with Gasteiger partial charge in [-0.3, -0.25) is 4.18 Å². The molecule has 1 aromatic carbocycles. The van der Waals surface area contributed by atoms with E-state index in [2.05, 4.69) is 9.97 Å². The molecule has 2 rings (SSSR count). The molecular weight excluding hydrogens is 268 g/mol. The van der Waals surface area contributed by atoms with Crippen molar-refractivity contribution >= 4 is 10.1 Å². The van der Waals surface area contributed by atoms with Gasteiger partial charge in [0.05, 0.1) is 13.7 Å². The lowest BCUT2D eigenvalue weighted by Crippen LogP contribution is -2.11. The van der Waals surface area contributed by atoms with E-state index >= 15 is 0 Å².